The molecule has 0 fully saturated rings. The van der Waals surface area contributed by atoms with Gasteiger partial charge in [0.1, 0.15) is 11.6 Å². The van der Waals surface area contributed by atoms with Crippen molar-refractivity contribution in [3.05, 3.63) is 28.0 Å². The number of halogens is 5. The monoisotopic (exact) mass is 368 g/mol. The van der Waals surface area contributed by atoms with Crippen LogP contribution in [0.1, 0.15) is 30.6 Å². The van der Waals surface area contributed by atoms with Crippen LogP contribution in [-0.2, 0) is 0 Å². The van der Waals surface area contributed by atoms with Crippen molar-refractivity contribution in [2.75, 3.05) is 6.61 Å². The molecule has 0 radical (unpaired) electrons. The Labute approximate surface area is 127 Å². The summed E-state index contributed by atoms with van der Waals surface area (Å²) in [5.74, 6) is -1.86. The molecule has 0 bridgehead atoms. The fourth-order valence-electron chi connectivity index (χ4n) is 2.21. The average Bonchev–Trinajstić information content (AvgIpc) is 2.34. The second kappa shape index (κ2) is 5.26. The van der Waals surface area contributed by atoms with E-state index < -0.39 is 29.1 Å². The number of carbonyl (C=O) groups is 1. The van der Waals surface area contributed by atoms with Crippen LogP contribution in [0, 0.1) is 17.2 Å². The number of rotatable bonds is 2. The Balaban J connectivity index is 2.27. The molecule has 0 unspecified atom stereocenters. The second-order valence-corrected chi connectivity index (χ2v) is 6.57. The molecule has 0 N–H and O–H groups in total. The number of ether oxygens (including phenoxy) is 1. The van der Waals surface area contributed by atoms with E-state index in [2.05, 4.69) is 15.9 Å². The number of fused-ring (bicyclic) bond motifs is 1. The van der Waals surface area contributed by atoms with Crippen molar-refractivity contribution in [1.29, 1.82) is 0 Å². The van der Waals surface area contributed by atoms with Crippen LogP contribution in [0.25, 0.3) is 0 Å². The number of ketones is 1. The van der Waals surface area contributed by atoms with Crippen LogP contribution in [-0.4, -0.2) is 18.6 Å². The second-order valence-electron chi connectivity index (χ2n) is 5.72. The van der Waals surface area contributed by atoms with Crippen LogP contribution >= 0.6 is 15.9 Å². The fourth-order valence-corrected chi connectivity index (χ4v) is 2.55. The Hall–Kier alpha value is -1.11. The van der Waals surface area contributed by atoms with Crippen molar-refractivity contribution >= 4 is 21.7 Å². The third-order valence-corrected chi connectivity index (χ3v) is 4.23. The lowest BCUT2D eigenvalue weighted by Gasteiger charge is -2.33. The summed E-state index contributed by atoms with van der Waals surface area (Å²) < 4.78 is 57.5. The number of carbonyl (C=O) groups excluding carboxylic acids is 1. The minimum atomic E-state index is -4.41. The molecule has 0 aromatic heterocycles. The molecular weight excluding hydrogens is 356 g/mol. The molecule has 7 heteroatoms. The Morgan fingerprint density at radius 3 is 2.52 bits per heavy atom. The first-order valence-electron chi connectivity index (χ1n) is 6.26. The molecule has 1 aromatic carbocycles. The number of hydrogen-bond acceptors (Lipinski definition) is 2. The molecule has 1 atom stereocenters. The molecule has 2 nitrogen and oxygen atoms in total. The summed E-state index contributed by atoms with van der Waals surface area (Å²) in [6.45, 7) is 1.93. The van der Waals surface area contributed by atoms with Crippen LogP contribution in [0.15, 0.2) is 16.6 Å². The molecule has 0 spiro atoms. The molecule has 2 rings (SSSR count). The molecule has 0 saturated heterocycles. The van der Waals surface area contributed by atoms with E-state index in [0.29, 0.717) is 0 Å². The van der Waals surface area contributed by atoms with Gasteiger partial charge in [0.2, 0.25) is 0 Å². The Morgan fingerprint density at radius 2 is 1.95 bits per heavy atom. The van der Waals surface area contributed by atoms with Gasteiger partial charge in [0.05, 0.1) is 28.0 Å². The van der Waals surface area contributed by atoms with Crippen LogP contribution in [0.3, 0.4) is 0 Å². The summed E-state index contributed by atoms with van der Waals surface area (Å²) in [6.07, 6.45) is -4.78. The molecule has 116 valence electrons. The van der Waals surface area contributed by atoms with Gasteiger partial charge in [-0.15, -0.1) is 0 Å². The summed E-state index contributed by atoms with van der Waals surface area (Å²) in [5.41, 5.74) is -1.89. The van der Waals surface area contributed by atoms with E-state index in [9.17, 15) is 22.4 Å². The van der Waals surface area contributed by atoms with E-state index in [1.54, 1.807) is 0 Å². The molecule has 0 aliphatic carbocycles. The van der Waals surface area contributed by atoms with Crippen LogP contribution in [0.2, 0.25) is 0 Å². The van der Waals surface area contributed by atoms with Crippen LogP contribution in [0.4, 0.5) is 17.6 Å². The molecule has 21 heavy (non-hydrogen) atoms. The maximum atomic E-state index is 13.4. The molecule has 1 aromatic rings. The van der Waals surface area contributed by atoms with Crippen molar-refractivity contribution < 1.29 is 27.1 Å². The highest BCUT2D eigenvalue weighted by molar-refractivity contribution is 9.10. The van der Waals surface area contributed by atoms with E-state index in [1.807, 2.05) is 0 Å². The number of alkyl halides is 3. The van der Waals surface area contributed by atoms with Gasteiger partial charge in [-0.3, -0.25) is 4.79 Å². The van der Waals surface area contributed by atoms with Crippen LogP contribution in [0.5, 0.6) is 5.75 Å². The third kappa shape index (κ3) is 3.07. The van der Waals surface area contributed by atoms with Gasteiger partial charge in [-0.2, -0.15) is 13.2 Å². The number of hydrogen-bond donors (Lipinski definition) is 0. The topological polar surface area (TPSA) is 26.3 Å². The Bertz CT molecular complexity index is 581. The fraction of sp³-hybridized carbons (Fsp3) is 0.500. The van der Waals surface area contributed by atoms with Crippen molar-refractivity contribution in [2.24, 2.45) is 11.3 Å². The van der Waals surface area contributed by atoms with E-state index in [4.69, 9.17) is 4.74 Å². The van der Waals surface area contributed by atoms with Gasteiger partial charge in [-0.25, -0.2) is 4.39 Å². The molecule has 1 heterocycles. The van der Waals surface area contributed by atoms with Gasteiger partial charge < -0.3 is 4.74 Å². The third-order valence-electron chi connectivity index (χ3n) is 3.62. The maximum Gasteiger partial charge on any atom is 0.394 e. The lowest BCUT2D eigenvalue weighted by molar-refractivity contribution is -0.216. The van der Waals surface area contributed by atoms with Crippen molar-refractivity contribution in [1.82, 2.24) is 0 Å². The SMILES string of the molecule is CC(C)(C[C@H]1COc2cc(F)c(Br)cc2C1=O)C(F)(F)F. The molecule has 1 aliphatic heterocycles. The highest BCUT2D eigenvalue weighted by atomic mass is 79.9. The first kappa shape index (κ1) is 16.3. The quantitative estimate of drug-likeness (QED) is 0.703. The van der Waals surface area contributed by atoms with Gasteiger partial charge in [0, 0.05) is 6.07 Å². The number of Topliss-reactive ketones (excluding diaryl/α,β-unsaturated/α-hetero) is 1. The smallest absolute Gasteiger partial charge is 0.394 e. The first-order chi connectivity index (χ1) is 9.53. The van der Waals surface area contributed by atoms with E-state index in [1.165, 1.54) is 6.07 Å². The van der Waals surface area contributed by atoms with E-state index >= 15 is 0 Å². The van der Waals surface area contributed by atoms with Gasteiger partial charge in [-0.1, -0.05) is 13.8 Å². The predicted octanol–water partition coefficient (Wildman–Crippen LogP) is 4.76. The predicted molar refractivity (Wildman–Crippen MR) is 71.9 cm³/mol. The lowest BCUT2D eigenvalue weighted by Crippen LogP contribution is -2.39. The average molecular weight is 369 g/mol. The van der Waals surface area contributed by atoms with Gasteiger partial charge in [0.25, 0.3) is 0 Å². The summed E-state index contributed by atoms with van der Waals surface area (Å²) in [4.78, 5) is 12.3. The van der Waals surface area contributed by atoms with Gasteiger partial charge >= 0.3 is 6.18 Å². The first-order valence-corrected chi connectivity index (χ1v) is 7.05. The zero-order valence-corrected chi connectivity index (χ0v) is 12.9. The van der Waals surface area contributed by atoms with Crippen molar-refractivity contribution in [3.63, 3.8) is 0 Å². The highest BCUT2D eigenvalue weighted by Crippen LogP contribution is 2.44. The van der Waals surface area contributed by atoms with E-state index in [0.717, 1.165) is 19.9 Å². The minimum absolute atomic E-state index is 0.0711. The van der Waals surface area contributed by atoms with Gasteiger partial charge in [0.15, 0.2) is 5.78 Å². The summed E-state index contributed by atoms with van der Waals surface area (Å²) in [5, 5.41) is 0. The molecule has 0 amide bonds. The maximum absolute atomic E-state index is 13.4. The standard InChI is InChI=1S/C14H13BrF4O2/c1-13(2,14(17,18)19)5-7-6-21-11-4-10(16)9(15)3-8(11)12(7)20/h3-4,7H,5-6H2,1-2H3/t7-/m0/s1. The zero-order chi connectivity index (χ0) is 16.0. The number of benzene rings is 1. The Kier molecular flexibility index (Phi) is 4.08. The molecule has 1 aliphatic rings. The summed E-state index contributed by atoms with van der Waals surface area (Å²) >= 11 is 2.95. The molecule has 0 saturated carbocycles. The zero-order valence-electron chi connectivity index (χ0n) is 11.4. The van der Waals surface area contributed by atoms with Gasteiger partial charge in [-0.05, 0) is 28.4 Å². The summed E-state index contributed by atoms with van der Waals surface area (Å²) in [7, 11) is 0. The highest BCUT2D eigenvalue weighted by Gasteiger charge is 2.49. The normalized spacial score (nSPS) is 19.2. The summed E-state index contributed by atoms with van der Waals surface area (Å²) in [6, 6.07) is 2.31. The van der Waals surface area contributed by atoms with Crippen molar-refractivity contribution in [2.45, 2.75) is 26.4 Å². The molecular formula is C14H13BrF4O2. The van der Waals surface area contributed by atoms with E-state index in [-0.39, 0.29) is 28.8 Å². The lowest BCUT2D eigenvalue weighted by atomic mass is 9.78. The largest absolute Gasteiger partial charge is 0.492 e. The minimum Gasteiger partial charge on any atom is -0.492 e. The van der Waals surface area contributed by atoms with Crippen molar-refractivity contribution in [3.8, 4) is 5.75 Å². The Morgan fingerprint density at radius 1 is 1.33 bits per heavy atom. The van der Waals surface area contributed by atoms with Crippen LogP contribution < -0.4 is 4.74 Å².